The average Bonchev–Trinajstić information content (AvgIpc) is 3.91. The number of carbonyl (C=O) groups excluding carboxylic acids is 5. The van der Waals surface area contributed by atoms with Crippen LogP contribution in [0, 0.1) is 11.3 Å². The number of nitrogens with one attached hydrogen (secondary N) is 2. The van der Waals surface area contributed by atoms with E-state index in [4.69, 9.17) is 5.73 Å². The fraction of sp³-hybridized carbons (Fsp3) is 0.639. The Balaban J connectivity index is 1.34. The number of carbonyl (C=O) groups is 5. The second kappa shape index (κ2) is 14.0. The molecule has 52 heavy (non-hydrogen) atoms. The predicted octanol–water partition coefficient (Wildman–Crippen LogP) is 1.69. The third-order valence-electron chi connectivity index (χ3n) is 11.8. The summed E-state index contributed by atoms with van der Waals surface area (Å²) < 4.78 is 25.6. The highest BCUT2D eigenvalue weighted by molar-refractivity contribution is 7.90. The second-order valence-electron chi connectivity index (χ2n) is 16.0. The first kappa shape index (κ1) is 37.6. The van der Waals surface area contributed by atoms with Gasteiger partial charge in [-0.05, 0) is 101 Å². The summed E-state index contributed by atoms with van der Waals surface area (Å²) in [6.07, 6.45) is 10.3. The Hall–Kier alpha value is -4.18. The van der Waals surface area contributed by atoms with Crippen LogP contribution >= 0.6 is 0 Å². The highest BCUT2D eigenvalue weighted by Gasteiger charge is 2.51. The van der Waals surface area contributed by atoms with Gasteiger partial charge >= 0.3 is 0 Å². The minimum absolute atomic E-state index is 0.00875. The zero-order chi connectivity index (χ0) is 37.6. The molecule has 2 aromatic rings. The molecule has 6 rings (SSSR count). The summed E-state index contributed by atoms with van der Waals surface area (Å²) in [6.45, 7) is 3.15. The molecular formula is C36H49N7O8S. The highest BCUT2D eigenvalue weighted by Crippen LogP contribution is 2.56. The zero-order valence-corrected chi connectivity index (χ0v) is 30.8. The van der Waals surface area contributed by atoms with Crippen LogP contribution in [0.1, 0.15) is 113 Å². The summed E-state index contributed by atoms with van der Waals surface area (Å²) in [5.74, 6) is -3.14. The van der Waals surface area contributed by atoms with Crippen LogP contribution in [-0.4, -0.2) is 93.3 Å². The number of aliphatic hydroxyl groups is 1. The Morgan fingerprint density at radius 1 is 1.04 bits per heavy atom. The third kappa shape index (κ3) is 7.49. The number of aromatic nitrogens is 3. The first-order valence-corrected chi connectivity index (χ1v) is 20.0. The Morgan fingerprint density at radius 3 is 2.25 bits per heavy atom. The smallest absolute Gasteiger partial charge is 0.287 e. The highest BCUT2D eigenvalue weighted by atomic mass is 32.2. The van der Waals surface area contributed by atoms with Gasteiger partial charge in [0.05, 0.1) is 22.8 Å². The van der Waals surface area contributed by atoms with Crippen LogP contribution in [0.15, 0.2) is 35.4 Å². The topological polar surface area (TPSA) is 224 Å². The van der Waals surface area contributed by atoms with Crippen molar-refractivity contribution in [3.8, 4) is 0 Å². The molecule has 3 atom stereocenters. The fourth-order valence-electron chi connectivity index (χ4n) is 9.08. The number of nitrogens with two attached hydrogens (primary N) is 1. The van der Waals surface area contributed by atoms with Crippen LogP contribution in [0.4, 0.5) is 0 Å². The lowest BCUT2D eigenvalue weighted by Crippen LogP contribution is -2.62. The predicted molar refractivity (Wildman–Crippen MR) is 187 cm³/mol. The van der Waals surface area contributed by atoms with Gasteiger partial charge in [-0.3, -0.25) is 24.0 Å². The van der Waals surface area contributed by atoms with Gasteiger partial charge < -0.3 is 26.4 Å². The molecule has 1 aromatic carbocycles. The van der Waals surface area contributed by atoms with Gasteiger partial charge in [-0.15, -0.1) is 5.10 Å². The van der Waals surface area contributed by atoms with Crippen LogP contribution in [-0.2, 0) is 34.6 Å². The van der Waals surface area contributed by atoms with E-state index in [1.165, 1.54) is 40.0 Å². The van der Waals surface area contributed by atoms with Gasteiger partial charge in [-0.25, -0.2) is 13.1 Å². The molecule has 1 aromatic heterocycles. The fourth-order valence-corrected chi connectivity index (χ4v) is 9.71. The van der Waals surface area contributed by atoms with Crippen molar-refractivity contribution in [3.63, 3.8) is 0 Å². The molecule has 0 spiro atoms. The number of hydrogen-bond donors (Lipinski definition) is 4. The number of primary amides is 1. The minimum Gasteiger partial charge on any atom is -0.384 e. The largest absolute Gasteiger partial charge is 0.384 e. The van der Waals surface area contributed by atoms with Crippen LogP contribution < -0.4 is 16.4 Å². The average molecular weight is 740 g/mol. The van der Waals surface area contributed by atoms with E-state index < -0.39 is 68.5 Å². The zero-order valence-electron chi connectivity index (χ0n) is 30.0. The van der Waals surface area contributed by atoms with E-state index in [2.05, 4.69) is 20.9 Å². The van der Waals surface area contributed by atoms with Gasteiger partial charge in [0, 0.05) is 24.8 Å². The number of benzene rings is 1. The maximum absolute atomic E-state index is 14.9. The standard InChI is InChI=1S/C36H49N7O8S/c1-34(2,49)28-20-38-41-43(28)24-17-27(32(47)40-36(29(44)30(37)45)13-5-4-6-14-36)42(21-24)33(48)26(19-35-15-11-22(18-35)12-16-35)39-31(46)23-7-9-25(10-8-23)52(3,50)51/h7-10,20,22,24,26-27,49H,4-6,11-19,21H2,1-3H3,(H2,37,45)(H,39,46)(H,40,47)/t22?,24?,26?,27-,35?/m0/s1. The summed E-state index contributed by atoms with van der Waals surface area (Å²) >= 11 is 0. The quantitative estimate of drug-likeness (QED) is 0.231. The number of hydrogen-bond acceptors (Lipinski definition) is 10. The van der Waals surface area contributed by atoms with Crippen molar-refractivity contribution in [2.24, 2.45) is 17.1 Å². The molecule has 16 heteroatoms. The Kier molecular flexibility index (Phi) is 10.1. The number of Topliss-reactive ketones (excluding diaryl/α,β-unsaturated/α-hetero) is 1. The molecule has 1 saturated heterocycles. The molecule has 2 bridgehead atoms. The summed E-state index contributed by atoms with van der Waals surface area (Å²) in [4.78, 5) is 69.8. The maximum Gasteiger partial charge on any atom is 0.287 e. The summed E-state index contributed by atoms with van der Waals surface area (Å²) in [5.41, 5.74) is 3.01. The van der Waals surface area contributed by atoms with Gasteiger partial charge in [0.25, 0.3) is 11.8 Å². The van der Waals surface area contributed by atoms with Gasteiger partial charge in [-0.1, -0.05) is 24.5 Å². The molecule has 3 saturated carbocycles. The summed E-state index contributed by atoms with van der Waals surface area (Å²) in [6, 6.07) is 2.73. The number of fused-ring (bicyclic) bond motifs is 2. The number of ketones is 1. The van der Waals surface area contributed by atoms with Crippen LogP contribution in [0.2, 0.25) is 0 Å². The number of amides is 4. The van der Waals surface area contributed by atoms with Crippen LogP contribution in [0.5, 0.6) is 0 Å². The monoisotopic (exact) mass is 739 g/mol. The molecule has 4 aliphatic rings. The van der Waals surface area contributed by atoms with Gasteiger partial charge in [0.1, 0.15) is 23.2 Å². The van der Waals surface area contributed by atoms with Crippen molar-refractivity contribution in [1.82, 2.24) is 30.5 Å². The second-order valence-corrected chi connectivity index (χ2v) is 18.0. The normalized spacial score (nSPS) is 26.2. The van der Waals surface area contributed by atoms with Crippen molar-refractivity contribution < 1.29 is 37.5 Å². The van der Waals surface area contributed by atoms with Crippen molar-refractivity contribution in [3.05, 3.63) is 41.7 Å². The molecule has 2 unspecified atom stereocenters. The van der Waals surface area contributed by atoms with E-state index in [0.717, 1.165) is 44.8 Å². The number of likely N-dealkylation sites (tertiary alicyclic amines) is 1. The van der Waals surface area contributed by atoms with Crippen LogP contribution in [0.3, 0.4) is 0 Å². The van der Waals surface area contributed by atoms with Crippen LogP contribution in [0.25, 0.3) is 0 Å². The van der Waals surface area contributed by atoms with Crippen molar-refractivity contribution in [2.75, 3.05) is 12.8 Å². The van der Waals surface area contributed by atoms with E-state index >= 15 is 0 Å². The molecule has 15 nitrogen and oxygen atoms in total. The number of nitrogens with zero attached hydrogens (tertiary/aromatic N) is 4. The lowest BCUT2D eigenvalue weighted by atomic mass is 9.77. The van der Waals surface area contributed by atoms with Crippen molar-refractivity contribution in [1.29, 1.82) is 0 Å². The Bertz CT molecular complexity index is 1840. The first-order valence-electron chi connectivity index (χ1n) is 18.1. The molecule has 2 heterocycles. The van der Waals surface area contributed by atoms with Crippen molar-refractivity contribution >= 4 is 39.2 Å². The van der Waals surface area contributed by atoms with Crippen molar-refractivity contribution in [2.45, 2.75) is 125 Å². The van der Waals surface area contributed by atoms with E-state index in [1.807, 2.05) is 0 Å². The molecule has 4 fully saturated rings. The Labute approximate surface area is 303 Å². The van der Waals surface area contributed by atoms with E-state index in [0.29, 0.717) is 30.9 Å². The molecule has 3 aliphatic carbocycles. The molecule has 4 amide bonds. The number of sulfone groups is 1. The van der Waals surface area contributed by atoms with E-state index in [-0.39, 0.29) is 41.7 Å². The molecule has 5 N–H and O–H groups in total. The summed E-state index contributed by atoms with van der Waals surface area (Å²) in [5, 5.41) is 24.9. The van der Waals surface area contributed by atoms with E-state index in [9.17, 15) is 37.5 Å². The van der Waals surface area contributed by atoms with E-state index in [1.54, 1.807) is 13.8 Å². The van der Waals surface area contributed by atoms with Gasteiger partial charge in [0.2, 0.25) is 17.6 Å². The number of rotatable bonds is 12. The molecule has 0 radical (unpaired) electrons. The lowest BCUT2D eigenvalue weighted by Gasteiger charge is -2.38. The molecule has 282 valence electrons. The van der Waals surface area contributed by atoms with Gasteiger partial charge in [-0.2, -0.15) is 0 Å². The first-order chi connectivity index (χ1) is 24.4. The Morgan fingerprint density at radius 2 is 1.69 bits per heavy atom. The molecule has 1 aliphatic heterocycles. The lowest BCUT2D eigenvalue weighted by molar-refractivity contribution is -0.145. The summed E-state index contributed by atoms with van der Waals surface area (Å²) in [7, 11) is -3.50. The maximum atomic E-state index is 14.9. The minimum atomic E-state index is -3.50. The van der Waals surface area contributed by atoms with Gasteiger partial charge in [0.15, 0.2) is 9.84 Å². The molecular weight excluding hydrogens is 691 g/mol. The third-order valence-corrected chi connectivity index (χ3v) is 12.9. The SMILES string of the molecule is CC(C)(O)c1cnnn1C1C[C@@H](C(=O)NC2(C(=O)C(N)=O)CCCCC2)N(C(=O)C(CC23CCC(CC2)C3)NC(=O)c2ccc(S(C)(=O)=O)cc2)C1.